The Morgan fingerprint density at radius 1 is 1.20 bits per heavy atom. The van der Waals surface area contributed by atoms with Gasteiger partial charge in [0.25, 0.3) is 0 Å². The van der Waals surface area contributed by atoms with E-state index in [4.69, 9.17) is 4.98 Å². The number of anilines is 1. The Balaban J connectivity index is 1.87. The zero-order chi connectivity index (χ0) is 14.1. The molecule has 3 rings (SSSR count). The third-order valence-electron chi connectivity index (χ3n) is 4.40. The maximum absolute atomic E-state index is 4.76. The molecule has 0 radical (unpaired) electrons. The molecule has 1 N–H and O–H groups in total. The van der Waals surface area contributed by atoms with Crippen molar-refractivity contribution in [1.29, 1.82) is 0 Å². The summed E-state index contributed by atoms with van der Waals surface area (Å²) in [5.41, 5.74) is 2.37. The summed E-state index contributed by atoms with van der Waals surface area (Å²) in [5, 5.41) is 4.90. The van der Waals surface area contributed by atoms with E-state index in [1.165, 1.54) is 30.2 Å². The zero-order valence-corrected chi connectivity index (χ0v) is 12.6. The van der Waals surface area contributed by atoms with Crippen LogP contribution in [0.2, 0.25) is 0 Å². The van der Waals surface area contributed by atoms with Gasteiger partial charge >= 0.3 is 0 Å². The first-order valence-electron chi connectivity index (χ1n) is 7.44. The van der Waals surface area contributed by atoms with Crippen LogP contribution in [-0.2, 0) is 0 Å². The average Bonchev–Trinajstić information content (AvgIpc) is 2.87. The molecule has 1 aromatic heterocycles. The van der Waals surface area contributed by atoms with Gasteiger partial charge in [-0.1, -0.05) is 18.2 Å². The average molecular weight is 269 g/mol. The second-order valence-electron chi connectivity index (χ2n) is 6.05. The van der Waals surface area contributed by atoms with Gasteiger partial charge in [-0.3, -0.25) is 0 Å². The lowest BCUT2D eigenvalue weighted by Gasteiger charge is -2.27. The summed E-state index contributed by atoms with van der Waals surface area (Å²) in [5.74, 6) is 1.01. The standard InChI is InChI=1S/C17H23N3/c1-12-11-17(18-14-8-5-4-7-13(12)14)19-15-9-6-10-16(15)20(2)3/h4-5,7-8,11,15-16H,6,9-10H2,1-3H3,(H,18,19)/t15-,16-/m1/s1. The van der Waals surface area contributed by atoms with Gasteiger partial charge in [-0.25, -0.2) is 4.98 Å². The molecule has 0 aliphatic heterocycles. The third-order valence-corrected chi connectivity index (χ3v) is 4.40. The largest absolute Gasteiger partial charge is 0.366 e. The number of hydrogen-bond acceptors (Lipinski definition) is 3. The van der Waals surface area contributed by atoms with E-state index in [0.29, 0.717) is 12.1 Å². The van der Waals surface area contributed by atoms with Crippen molar-refractivity contribution in [3.05, 3.63) is 35.9 Å². The molecular formula is C17H23N3. The first-order valence-corrected chi connectivity index (χ1v) is 7.44. The van der Waals surface area contributed by atoms with Crippen LogP contribution in [0, 0.1) is 6.92 Å². The molecule has 1 fully saturated rings. The molecule has 20 heavy (non-hydrogen) atoms. The molecule has 0 amide bonds. The molecule has 1 aromatic carbocycles. The van der Waals surface area contributed by atoms with Gasteiger partial charge in [0.2, 0.25) is 0 Å². The number of nitrogens with zero attached hydrogens (tertiary/aromatic N) is 2. The molecule has 2 atom stereocenters. The van der Waals surface area contributed by atoms with E-state index in [1.807, 2.05) is 0 Å². The van der Waals surface area contributed by atoms with E-state index in [1.54, 1.807) is 0 Å². The summed E-state index contributed by atoms with van der Waals surface area (Å²) in [6.45, 7) is 2.16. The van der Waals surface area contributed by atoms with Gasteiger partial charge in [-0.15, -0.1) is 0 Å². The van der Waals surface area contributed by atoms with E-state index >= 15 is 0 Å². The molecular weight excluding hydrogens is 246 g/mol. The number of aromatic nitrogens is 1. The Kier molecular flexibility index (Phi) is 3.62. The molecule has 3 nitrogen and oxygen atoms in total. The van der Waals surface area contributed by atoms with Crippen LogP contribution in [0.5, 0.6) is 0 Å². The Bertz CT molecular complexity index is 606. The molecule has 1 aliphatic carbocycles. The number of likely N-dealkylation sites (N-methyl/N-ethyl adjacent to an activating group) is 1. The van der Waals surface area contributed by atoms with Crippen LogP contribution >= 0.6 is 0 Å². The van der Waals surface area contributed by atoms with Crippen molar-refractivity contribution >= 4 is 16.7 Å². The lowest BCUT2D eigenvalue weighted by Crippen LogP contribution is -2.39. The van der Waals surface area contributed by atoms with Crippen molar-refractivity contribution in [2.75, 3.05) is 19.4 Å². The summed E-state index contributed by atoms with van der Waals surface area (Å²) in [4.78, 5) is 7.10. The number of para-hydroxylation sites is 1. The number of hydrogen-bond donors (Lipinski definition) is 1. The van der Waals surface area contributed by atoms with E-state index in [-0.39, 0.29) is 0 Å². The summed E-state index contributed by atoms with van der Waals surface area (Å²) in [7, 11) is 4.34. The van der Waals surface area contributed by atoms with E-state index in [2.05, 4.69) is 61.6 Å². The highest BCUT2D eigenvalue weighted by Gasteiger charge is 2.28. The Morgan fingerprint density at radius 3 is 2.80 bits per heavy atom. The molecule has 1 heterocycles. The van der Waals surface area contributed by atoms with Crippen molar-refractivity contribution in [2.24, 2.45) is 0 Å². The Hall–Kier alpha value is -1.61. The molecule has 0 spiro atoms. The van der Waals surface area contributed by atoms with E-state index in [0.717, 1.165) is 11.3 Å². The highest BCUT2D eigenvalue weighted by atomic mass is 15.2. The van der Waals surface area contributed by atoms with Crippen LogP contribution in [0.15, 0.2) is 30.3 Å². The zero-order valence-electron chi connectivity index (χ0n) is 12.6. The first-order chi connectivity index (χ1) is 9.65. The number of rotatable bonds is 3. The topological polar surface area (TPSA) is 28.2 Å². The second-order valence-corrected chi connectivity index (χ2v) is 6.05. The van der Waals surface area contributed by atoms with Crippen molar-refractivity contribution in [3.8, 4) is 0 Å². The SMILES string of the molecule is Cc1cc(N[C@@H]2CCC[C@H]2N(C)C)nc2ccccc12. The van der Waals surface area contributed by atoms with Crippen molar-refractivity contribution in [2.45, 2.75) is 38.3 Å². The molecule has 2 aromatic rings. The predicted octanol–water partition coefficient (Wildman–Crippen LogP) is 3.44. The van der Waals surface area contributed by atoms with Gasteiger partial charge in [-0.2, -0.15) is 0 Å². The molecule has 0 unspecified atom stereocenters. The Labute approximate surface area is 121 Å². The van der Waals surface area contributed by atoms with Crippen LogP contribution in [0.4, 0.5) is 5.82 Å². The van der Waals surface area contributed by atoms with Crippen molar-refractivity contribution in [3.63, 3.8) is 0 Å². The number of aryl methyl sites for hydroxylation is 1. The smallest absolute Gasteiger partial charge is 0.127 e. The second kappa shape index (κ2) is 5.41. The summed E-state index contributed by atoms with van der Waals surface area (Å²) >= 11 is 0. The minimum absolute atomic E-state index is 0.512. The van der Waals surface area contributed by atoms with Crippen molar-refractivity contribution < 1.29 is 0 Å². The summed E-state index contributed by atoms with van der Waals surface area (Å²) in [6.07, 6.45) is 3.81. The van der Waals surface area contributed by atoms with E-state index in [9.17, 15) is 0 Å². The lowest BCUT2D eigenvalue weighted by atomic mass is 10.1. The summed E-state index contributed by atoms with van der Waals surface area (Å²) in [6, 6.07) is 11.7. The molecule has 1 aliphatic rings. The predicted molar refractivity (Wildman–Crippen MR) is 85.2 cm³/mol. The maximum Gasteiger partial charge on any atom is 0.127 e. The van der Waals surface area contributed by atoms with Gasteiger partial charge in [0.05, 0.1) is 5.52 Å². The fourth-order valence-electron chi connectivity index (χ4n) is 3.34. The van der Waals surface area contributed by atoms with Crippen LogP contribution < -0.4 is 5.32 Å². The quantitative estimate of drug-likeness (QED) is 0.925. The fraction of sp³-hybridized carbons (Fsp3) is 0.471. The fourth-order valence-corrected chi connectivity index (χ4v) is 3.34. The van der Waals surface area contributed by atoms with Gasteiger partial charge < -0.3 is 10.2 Å². The highest BCUT2D eigenvalue weighted by molar-refractivity contribution is 5.83. The first kappa shape index (κ1) is 13.4. The van der Waals surface area contributed by atoms with Gasteiger partial charge in [0, 0.05) is 17.5 Å². The summed E-state index contributed by atoms with van der Waals surface area (Å²) < 4.78 is 0. The lowest BCUT2D eigenvalue weighted by molar-refractivity contribution is 0.285. The normalized spacial score (nSPS) is 22.6. The Morgan fingerprint density at radius 2 is 2.00 bits per heavy atom. The van der Waals surface area contributed by atoms with E-state index < -0.39 is 0 Å². The minimum Gasteiger partial charge on any atom is -0.366 e. The number of pyridine rings is 1. The van der Waals surface area contributed by atoms with Crippen LogP contribution in [-0.4, -0.2) is 36.1 Å². The maximum atomic E-state index is 4.76. The van der Waals surface area contributed by atoms with Crippen LogP contribution in [0.3, 0.4) is 0 Å². The number of nitrogens with one attached hydrogen (secondary N) is 1. The third kappa shape index (κ3) is 2.50. The monoisotopic (exact) mass is 269 g/mol. The number of benzene rings is 1. The molecule has 106 valence electrons. The molecule has 0 bridgehead atoms. The molecule has 0 saturated heterocycles. The van der Waals surface area contributed by atoms with Crippen LogP contribution in [0.25, 0.3) is 10.9 Å². The van der Waals surface area contributed by atoms with Gasteiger partial charge in [-0.05, 0) is 58.0 Å². The highest BCUT2D eigenvalue weighted by Crippen LogP contribution is 2.27. The van der Waals surface area contributed by atoms with Crippen LogP contribution in [0.1, 0.15) is 24.8 Å². The van der Waals surface area contributed by atoms with Crippen molar-refractivity contribution in [1.82, 2.24) is 9.88 Å². The molecule has 1 saturated carbocycles. The molecule has 3 heteroatoms. The number of fused-ring (bicyclic) bond motifs is 1. The minimum atomic E-state index is 0.512. The van der Waals surface area contributed by atoms with Gasteiger partial charge in [0.1, 0.15) is 5.82 Å². The van der Waals surface area contributed by atoms with Gasteiger partial charge in [0.15, 0.2) is 0 Å².